The lowest BCUT2D eigenvalue weighted by Gasteiger charge is -2.18. The quantitative estimate of drug-likeness (QED) is 0.142. The SMILES string of the molecule is CCCCCCCCCCCCC(CC(=O)Nc1cc(C)ccc1O)C(=O)Nc1cc(C)ccc1O. The van der Waals surface area contributed by atoms with Crippen molar-refractivity contribution in [3.63, 3.8) is 0 Å². The Bertz CT molecular complexity index is 973. The van der Waals surface area contributed by atoms with Gasteiger partial charge in [0.2, 0.25) is 11.8 Å². The van der Waals surface area contributed by atoms with Gasteiger partial charge in [0.25, 0.3) is 0 Å². The molecule has 2 amide bonds. The highest BCUT2D eigenvalue weighted by atomic mass is 16.3. The summed E-state index contributed by atoms with van der Waals surface area (Å²) in [6, 6.07) is 10.1. The number of aryl methyl sites for hydroxylation is 2. The number of rotatable bonds is 16. The minimum Gasteiger partial charge on any atom is -0.506 e. The van der Waals surface area contributed by atoms with E-state index in [-0.39, 0.29) is 29.7 Å². The van der Waals surface area contributed by atoms with Crippen LogP contribution in [0.25, 0.3) is 0 Å². The van der Waals surface area contributed by atoms with Crippen molar-refractivity contribution < 1.29 is 19.8 Å². The Morgan fingerprint density at radius 2 is 1.19 bits per heavy atom. The molecule has 2 rings (SSSR count). The van der Waals surface area contributed by atoms with Gasteiger partial charge in [-0.25, -0.2) is 0 Å². The Labute approximate surface area is 216 Å². The highest BCUT2D eigenvalue weighted by Crippen LogP contribution is 2.27. The normalized spacial score (nSPS) is 11.8. The summed E-state index contributed by atoms with van der Waals surface area (Å²) in [5, 5.41) is 25.8. The fraction of sp³-hybridized carbons (Fsp3) is 0.533. The van der Waals surface area contributed by atoms with E-state index >= 15 is 0 Å². The standard InChI is InChI=1S/C30H44N2O4/c1-4-5-6-7-8-9-10-11-12-13-14-24(30(36)32-26-20-23(3)16-18-28(26)34)21-29(35)31-25-19-22(2)15-17-27(25)33/h15-20,24,33-34H,4-14,21H2,1-3H3,(H,31,35)(H,32,36). The fourth-order valence-corrected chi connectivity index (χ4v) is 4.36. The van der Waals surface area contributed by atoms with Crippen molar-refractivity contribution in [1.29, 1.82) is 0 Å². The van der Waals surface area contributed by atoms with E-state index in [0.29, 0.717) is 17.8 Å². The Kier molecular flexibility index (Phi) is 12.9. The summed E-state index contributed by atoms with van der Waals surface area (Å²) < 4.78 is 0. The lowest BCUT2D eigenvalue weighted by molar-refractivity contribution is -0.125. The molecule has 0 heterocycles. The number of anilines is 2. The molecule has 2 aromatic rings. The summed E-state index contributed by atoms with van der Waals surface area (Å²) >= 11 is 0. The van der Waals surface area contributed by atoms with Crippen molar-refractivity contribution in [3.8, 4) is 11.5 Å². The molecule has 4 N–H and O–H groups in total. The zero-order chi connectivity index (χ0) is 26.3. The monoisotopic (exact) mass is 496 g/mol. The first-order valence-corrected chi connectivity index (χ1v) is 13.5. The number of aromatic hydroxyl groups is 2. The molecular weight excluding hydrogens is 452 g/mol. The van der Waals surface area contributed by atoms with Gasteiger partial charge in [0, 0.05) is 12.3 Å². The molecule has 0 radical (unpaired) electrons. The van der Waals surface area contributed by atoms with E-state index in [1.165, 1.54) is 44.9 Å². The third-order valence-corrected chi connectivity index (χ3v) is 6.54. The molecule has 0 aliphatic rings. The average Bonchev–Trinajstić information content (AvgIpc) is 2.84. The molecule has 0 bridgehead atoms. The first-order chi connectivity index (χ1) is 17.3. The lowest BCUT2D eigenvalue weighted by atomic mass is 9.95. The van der Waals surface area contributed by atoms with Crippen molar-refractivity contribution >= 4 is 23.2 Å². The summed E-state index contributed by atoms with van der Waals surface area (Å²) in [4.78, 5) is 25.9. The molecule has 0 aliphatic carbocycles. The van der Waals surface area contributed by atoms with E-state index < -0.39 is 5.92 Å². The Balaban J connectivity index is 1.92. The molecule has 2 aromatic carbocycles. The summed E-state index contributed by atoms with van der Waals surface area (Å²) in [6.07, 6.45) is 12.6. The van der Waals surface area contributed by atoms with Gasteiger partial charge in [0.15, 0.2) is 0 Å². The number of phenolic OH excluding ortho intramolecular Hbond substituents is 2. The van der Waals surface area contributed by atoms with Crippen molar-refractivity contribution in [2.24, 2.45) is 5.92 Å². The average molecular weight is 497 g/mol. The summed E-state index contributed by atoms with van der Waals surface area (Å²) in [6.45, 7) is 6.00. The van der Waals surface area contributed by atoms with Crippen LogP contribution in [0.2, 0.25) is 0 Å². The van der Waals surface area contributed by atoms with Gasteiger partial charge in [-0.05, 0) is 55.7 Å². The van der Waals surface area contributed by atoms with Gasteiger partial charge < -0.3 is 20.8 Å². The van der Waals surface area contributed by atoms with Crippen LogP contribution in [0.15, 0.2) is 36.4 Å². The molecular formula is C30H44N2O4. The molecule has 0 fully saturated rings. The van der Waals surface area contributed by atoms with Crippen molar-refractivity contribution in [3.05, 3.63) is 47.5 Å². The molecule has 0 saturated heterocycles. The van der Waals surface area contributed by atoms with Crippen LogP contribution in [0, 0.1) is 19.8 Å². The Hall–Kier alpha value is -3.02. The van der Waals surface area contributed by atoms with Crippen molar-refractivity contribution in [2.45, 2.75) is 97.8 Å². The largest absolute Gasteiger partial charge is 0.506 e. The molecule has 0 spiro atoms. The van der Waals surface area contributed by atoms with Crippen LogP contribution in [0.4, 0.5) is 11.4 Å². The smallest absolute Gasteiger partial charge is 0.228 e. The molecule has 0 aliphatic heterocycles. The van der Waals surface area contributed by atoms with Crippen LogP contribution < -0.4 is 10.6 Å². The van der Waals surface area contributed by atoms with Gasteiger partial charge >= 0.3 is 0 Å². The van der Waals surface area contributed by atoms with Gasteiger partial charge in [0.05, 0.1) is 11.4 Å². The first-order valence-electron chi connectivity index (χ1n) is 13.5. The predicted molar refractivity (Wildman–Crippen MR) is 148 cm³/mol. The fourth-order valence-electron chi connectivity index (χ4n) is 4.36. The minimum atomic E-state index is -0.536. The maximum Gasteiger partial charge on any atom is 0.228 e. The van der Waals surface area contributed by atoms with E-state index in [4.69, 9.17) is 0 Å². The second-order valence-corrected chi connectivity index (χ2v) is 9.95. The predicted octanol–water partition coefficient (Wildman–Crippen LogP) is 7.61. The highest BCUT2D eigenvalue weighted by Gasteiger charge is 2.23. The van der Waals surface area contributed by atoms with Crippen LogP contribution >= 0.6 is 0 Å². The topological polar surface area (TPSA) is 98.7 Å². The molecule has 6 nitrogen and oxygen atoms in total. The summed E-state index contributed by atoms with van der Waals surface area (Å²) in [5.41, 5.74) is 2.53. The second-order valence-electron chi connectivity index (χ2n) is 9.95. The number of hydrogen-bond donors (Lipinski definition) is 4. The van der Waals surface area contributed by atoms with Gasteiger partial charge in [-0.3, -0.25) is 9.59 Å². The van der Waals surface area contributed by atoms with Gasteiger partial charge in [-0.15, -0.1) is 0 Å². The molecule has 198 valence electrons. The van der Waals surface area contributed by atoms with Gasteiger partial charge in [-0.2, -0.15) is 0 Å². The van der Waals surface area contributed by atoms with Gasteiger partial charge in [0.1, 0.15) is 11.5 Å². The molecule has 1 atom stereocenters. The van der Waals surface area contributed by atoms with Crippen molar-refractivity contribution in [1.82, 2.24) is 0 Å². The zero-order valence-electron chi connectivity index (χ0n) is 22.2. The van der Waals surface area contributed by atoms with Crippen LogP contribution in [-0.2, 0) is 9.59 Å². The lowest BCUT2D eigenvalue weighted by Crippen LogP contribution is -2.27. The summed E-state index contributed by atoms with van der Waals surface area (Å²) in [7, 11) is 0. The Morgan fingerprint density at radius 1 is 0.722 bits per heavy atom. The third-order valence-electron chi connectivity index (χ3n) is 6.54. The van der Waals surface area contributed by atoms with Crippen LogP contribution in [0.5, 0.6) is 11.5 Å². The third kappa shape index (κ3) is 10.7. The van der Waals surface area contributed by atoms with E-state index in [0.717, 1.165) is 30.4 Å². The van der Waals surface area contributed by atoms with Gasteiger partial charge in [-0.1, -0.05) is 83.3 Å². The maximum absolute atomic E-state index is 13.1. The Morgan fingerprint density at radius 3 is 1.72 bits per heavy atom. The highest BCUT2D eigenvalue weighted by molar-refractivity contribution is 5.99. The van der Waals surface area contributed by atoms with E-state index in [1.54, 1.807) is 36.4 Å². The summed E-state index contributed by atoms with van der Waals surface area (Å²) in [5.74, 6) is -1.15. The number of unbranched alkanes of at least 4 members (excludes halogenated alkanes) is 9. The minimum absolute atomic E-state index is 0.000714. The van der Waals surface area contributed by atoms with E-state index in [1.807, 2.05) is 13.8 Å². The van der Waals surface area contributed by atoms with Crippen LogP contribution in [-0.4, -0.2) is 22.0 Å². The van der Waals surface area contributed by atoms with E-state index in [2.05, 4.69) is 17.6 Å². The number of benzene rings is 2. The number of nitrogens with one attached hydrogen (secondary N) is 2. The molecule has 36 heavy (non-hydrogen) atoms. The number of phenols is 2. The van der Waals surface area contributed by atoms with E-state index in [9.17, 15) is 19.8 Å². The molecule has 0 aromatic heterocycles. The second kappa shape index (κ2) is 15.9. The van der Waals surface area contributed by atoms with Crippen LogP contribution in [0.3, 0.4) is 0 Å². The zero-order valence-corrected chi connectivity index (χ0v) is 22.2. The number of carbonyl (C=O) groups excluding carboxylic acids is 2. The number of carbonyl (C=O) groups is 2. The van der Waals surface area contributed by atoms with Crippen molar-refractivity contribution in [2.75, 3.05) is 10.6 Å². The number of hydrogen-bond acceptors (Lipinski definition) is 4. The molecule has 0 saturated carbocycles. The molecule has 6 heteroatoms. The molecule has 1 unspecified atom stereocenters. The maximum atomic E-state index is 13.1. The van der Waals surface area contributed by atoms with Crippen LogP contribution in [0.1, 0.15) is 95.1 Å². The number of amides is 2. The first kappa shape index (κ1) is 29.2.